The maximum Gasteiger partial charge on any atom is 0.229 e. The van der Waals surface area contributed by atoms with Crippen LogP contribution in [0.1, 0.15) is 30.4 Å². The van der Waals surface area contributed by atoms with Crippen LogP contribution < -0.4 is 10.2 Å². The van der Waals surface area contributed by atoms with Gasteiger partial charge in [-0.1, -0.05) is 6.07 Å². The van der Waals surface area contributed by atoms with Crippen molar-refractivity contribution in [3.63, 3.8) is 0 Å². The van der Waals surface area contributed by atoms with Crippen molar-refractivity contribution in [3.8, 4) is 0 Å². The van der Waals surface area contributed by atoms with E-state index in [0.29, 0.717) is 31.7 Å². The Labute approximate surface area is 130 Å². The van der Waals surface area contributed by atoms with Gasteiger partial charge in [-0.15, -0.1) is 11.6 Å². The standard InChI is InChI=1S/C16H21ClN2O2/c1-11-5-6-14(8-12(11)2)19-10-13(9-16(19)21)18-15(20)4-3-7-17/h5-6,8,13H,3-4,7,9-10H2,1-2H3,(H,18,20)/t13-/m0/s1. The summed E-state index contributed by atoms with van der Waals surface area (Å²) >= 11 is 5.57. The van der Waals surface area contributed by atoms with E-state index in [9.17, 15) is 9.59 Å². The fourth-order valence-corrected chi connectivity index (χ4v) is 2.61. The summed E-state index contributed by atoms with van der Waals surface area (Å²) in [4.78, 5) is 25.6. The molecule has 1 aromatic rings. The molecule has 1 saturated heterocycles. The van der Waals surface area contributed by atoms with Crippen LogP contribution in [-0.2, 0) is 9.59 Å². The van der Waals surface area contributed by atoms with Crippen LogP contribution in [0.3, 0.4) is 0 Å². The third-order valence-corrected chi connectivity index (χ3v) is 4.10. The lowest BCUT2D eigenvalue weighted by Gasteiger charge is -2.18. The molecule has 1 heterocycles. The molecule has 0 aromatic heterocycles. The van der Waals surface area contributed by atoms with E-state index in [2.05, 4.69) is 5.32 Å². The topological polar surface area (TPSA) is 49.4 Å². The van der Waals surface area contributed by atoms with E-state index in [1.807, 2.05) is 32.0 Å². The second-order valence-corrected chi connectivity index (χ2v) is 5.91. The van der Waals surface area contributed by atoms with Crippen molar-refractivity contribution in [3.05, 3.63) is 29.3 Å². The molecule has 4 nitrogen and oxygen atoms in total. The van der Waals surface area contributed by atoms with Gasteiger partial charge in [0, 0.05) is 31.0 Å². The zero-order chi connectivity index (χ0) is 15.4. The highest BCUT2D eigenvalue weighted by atomic mass is 35.5. The van der Waals surface area contributed by atoms with Crippen LogP contribution in [0.4, 0.5) is 5.69 Å². The number of anilines is 1. The molecule has 1 aliphatic heterocycles. The summed E-state index contributed by atoms with van der Waals surface area (Å²) in [7, 11) is 0. The number of halogens is 1. The minimum atomic E-state index is -0.109. The van der Waals surface area contributed by atoms with E-state index in [-0.39, 0.29) is 17.9 Å². The number of nitrogens with one attached hydrogen (secondary N) is 1. The predicted octanol–water partition coefficient (Wildman–Crippen LogP) is 2.54. The molecule has 0 aliphatic carbocycles. The molecule has 2 amide bonds. The van der Waals surface area contributed by atoms with Crippen molar-refractivity contribution < 1.29 is 9.59 Å². The molecule has 0 bridgehead atoms. The van der Waals surface area contributed by atoms with Crippen molar-refractivity contribution >= 4 is 29.1 Å². The molecule has 0 radical (unpaired) electrons. The van der Waals surface area contributed by atoms with Crippen LogP contribution in [0, 0.1) is 13.8 Å². The van der Waals surface area contributed by atoms with E-state index in [1.54, 1.807) is 4.90 Å². The molecule has 5 heteroatoms. The Kier molecular flexibility index (Phi) is 5.23. The normalized spacial score (nSPS) is 18.1. The molecule has 1 aromatic carbocycles. The zero-order valence-corrected chi connectivity index (χ0v) is 13.2. The summed E-state index contributed by atoms with van der Waals surface area (Å²) in [6.07, 6.45) is 1.44. The van der Waals surface area contributed by atoms with Gasteiger partial charge < -0.3 is 10.2 Å². The van der Waals surface area contributed by atoms with Gasteiger partial charge in [0.05, 0.1) is 6.04 Å². The number of amides is 2. The third-order valence-electron chi connectivity index (χ3n) is 3.83. The second kappa shape index (κ2) is 6.94. The maximum absolute atomic E-state index is 12.1. The van der Waals surface area contributed by atoms with Gasteiger partial charge >= 0.3 is 0 Å². The highest BCUT2D eigenvalue weighted by molar-refractivity contribution is 6.17. The Morgan fingerprint density at radius 3 is 2.81 bits per heavy atom. The van der Waals surface area contributed by atoms with Gasteiger partial charge in [-0.3, -0.25) is 9.59 Å². The van der Waals surface area contributed by atoms with Crippen molar-refractivity contribution in [2.24, 2.45) is 0 Å². The Hall–Kier alpha value is -1.55. The molecule has 0 unspecified atom stereocenters. The van der Waals surface area contributed by atoms with Crippen molar-refractivity contribution in [2.45, 2.75) is 39.2 Å². The van der Waals surface area contributed by atoms with E-state index >= 15 is 0 Å². The van der Waals surface area contributed by atoms with E-state index in [0.717, 1.165) is 11.3 Å². The zero-order valence-electron chi connectivity index (χ0n) is 12.5. The van der Waals surface area contributed by atoms with E-state index < -0.39 is 0 Å². The molecule has 1 fully saturated rings. The number of hydrogen-bond donors (Lipinski definition) is 1. The Bertz CT molecular complexity index is 545. The number of benzene rings is 1. The highest BCUT2D eigenvalue weighted by Crippen LogP contribution is 2.24. The minimum Gasteiger partial charge on any atom is -0.351 e. The number of carbonyl (C=O) groups excluding carboxylic acids is 2. The van der Waals surface area contributed by atoms with Crippen LogP contribution >= 0.6 is 11.6 Å². The Morgan fingerprint density at radius 1 is 1.38 bits per heavy atom. The van der Waals surface area contributed by atoms with Crippen LogP contribution in [0.2, 0.25) is 0 Å². The molecule has 1 N–H and O–H groups in total. The summed E-state index contributed by atoms with van der Waals surface area (Å²) in [5, 5.41) is 2.91. The average Bonchev–Trinajstić information content (AvgIpc) is 2.80. The first-order valence-corrected chi connectivity index (χ1v) is 7.77. The van der Waals surface area contributed by atoms with Crippen molar-refractivity contribution in [1.82, 2.24) is 5.32 Å². The van der Waals surface area contributed by atoms with Gasteiger partial charge in [0.1, 0.15) is 0 Å². The quantitative estimate of drug-likeness (QED) is 0.850. The number of hydrogen-bond acceptors (Lipinski definition) is 2. The fraction of sp³-hybridized carbons (Fsp3) is 0.500. The molecule has 0 saturated carbocycles. The van der Waals surface area contributed by atoms with Crippen LogP contribution in [0.5, 0.6) is 0 Å². The first kappa shape index (κ1) is 15.8. The monoisotopic (exact) mass is 308 g/mol. The average molecular weight is 309 g/mol. The molecular formula is C16H21ClN2O2. The number of carbonyl (C=O) groups is 2. The Morgan fingerprint density at radius 2 is 2.14 bits per heavy atom. The van der Waals surface area contributed by atoms with Gasteiger partial charge in [-0.25, -0.2) is 0 Å². The number of nitrogens with zero attached hydrogens (tertiary/aromatic N) is 1. The summed E-state index contributed by atoms with van der Waals surface area (Å²) in [6, 6.07) is 5.88. The third kappa shape index (κ3) is 3.97. The van der Waals surface area contributed by atoms with Gasteiger partial charge in [0.15, 0.2) is 0 Å². The second-order valence-electron chi connectivity index (χ2n) is 5.53. The lowest BCUT2D eigenvalue weighted by atomic mass is 10.1. The number of alkyl halides is 1. The summed E-state index contributed by atoms with van der Waals surface area (Å²) in [5.41, 5.74) is 3.27. The Balaban J connectivity index is 1.99. The molecule has 114 valence electrons. The van der Waals surface area contributed by atoms with Crippen LogP contribution in [0.15, 0.2) is 18.2 Å². The largest absolute Gasteiger partial charge is 0.351 e. The SMILES string of the molecule is Cc1ccc(N2C[C@@H](NC(=O)CCCCl)CC2=O)cc1C. The predicted molar refractivity (Wildman–Crippen MR) is 84.8 cm³/mol. The van der Waals surface area contributed by atoms with Crippen LogP contribution in [-0.4, -0.2) is 30.3 Å². The maximum atomic E-state index is 12.1. The lowest BCUT2D eigenvalue weighted by molar-refractivity contribution is -0.121. The molecule has 1 atom stereocenters. The van der Waals surface area contributed by atoms with E-state index in [4.69, 9.17) is 11.6 Å². The van der Waals surface area contributed by atoms with Gasteiger partial charge in [-0.05, 0) is 43.5 Å². The van der Waals surface area contributed by atoms with Crippen molar-refractivity contribution in [1.29, 1.82) is 0 Å². The summed E-state index contributed by atoms with van der Waals surface area (Å²) in [6.45, 7) is 4.61. The van der Waals surface area contributed by atoms with E-state index in [1.165, 1.54) is 5.56 Å². The van der Waals surface area contributed by atoms with Gasteiger partial charge in [0.2, 0.25) is 11.8 Å². The van der Waals surface area contributed by atoms with Crippen molar-refractivity contribution in [2.75, 3.05) is 17.3 Å². The van der Waals surface area contributed by atoms with Crippen LogP contribution in [0.25, 0.3) is 0 Å². The smallest absolute Gasteiger partial charge is 0.229 e. The molecular weight excluding hydrogens is 288 g/mol. The number of rotatable bonds is 5. The first-order valence-electron chi connectivity index (χ1n) is 7.24. The molecule has 0 spiro atoms. The fourth-order valence-electron chi connectivity index (χ4n) is 2.47. The lowest BCUT2D eigenvalue weighted by Crippen LogP contribution is -2.37. The molecule has 21 heavy (non-hydrogen) atoms. The summed E-state index contributed by atoms with van der Waals surface area (Å²) < 4.78 is 0. The van der Waals surface area contributed by atoms with Gasteiger partial charge in [0.25, 0.3) is 0 Å². The molecule has 2 rings (SSSR count). The first-order chi connectivity index (χ1) is 10.0. The highest BCUT2D eigenvalue weighted by Gasteiger charge is 2.31. The summed E-state index contributed by atoms with van der Waals surface area (Å²) in [5.74, 6) is 0.502. The molecule has 1 aliphatic rings. The number of aryl methyl sites for hydroxylation is 2. The minimum absolute atomic E-state index is 0.0320. The van der Waals surface area contributed by atoms with Gasteiger partial charge in [-0.2, -0.15) is 0 Å².